The third kappa shape index (κ3) is 11.1. The van der Waals surface area contributed by atoms with Crippen LogP contribution in [0.15, 0.2) is 65.4 Å². The van der Waals surface area contributed by atoms with E-state index < -0.39 is 26.2 Å². The lowest BCUT2D eigenvalue weighted by molar-refractivity contribution is 0.559. The van der Waals surface area contributed by atoms with Crippen LogP contribution in [0, 0.1) is 5.82 Å². The summed E-state index contributed by atoms with van der Waals surface area (Å²) >= 11 is 15.2. The number of hydrogen-bond donors (Lipinski definition) is 5. The van der Waals surface area contributed by atoms with E-state index in [9.17, 15) is 12.8 Å². The van der Waals surface area contributed by atoms with E-state index in [2.05, 4.69) is 42.5 Å². The number of rotatable bonds is 5. The van der Waals surface area contributed by atoms with Gasteiger partial charge in [-0.05, 0) is 53.6 Å². The molecular formula is C23H29ClFN3O5S4. The van der Waals surface area contributed by atoms with Crippen LogP contribution in [-0.4, -0.2) is 34.5 Å². The highest BCUT2D eigenvalue weighted by atomic mass is 35.5. The number of allylic oxidation sites excluding steroid dienone is 1. The maximum absolute atomic E-state index is 13.7. The van der Waals surface area contributed by atoms with Crippen LogP contribution in [0.4, 0.5) is 4.39 Å². The molecular weight excluding hydrogens is 581 g/mol. The quantitative estimate of drug-likeness (QED) is 0.193. The second-order valence-corrected chi connectivity index (χ2v) is 10.4. The second-order valence-electron chi connectivity index (χ2n) is 6.76. The van der Waals surface area contributed by atoms with Crippen LogP contribution in [-0.2, 0) is 10.0 Å². The van der Waals surface area contributed by atoms with Crippen LogP contribution in [0.2, 0.25) is 5.02 Å². The van der Waals surface area contributed by atoms with Crippen molar-refractivity contribution < 1.29 is 28.5 Å². The van der Waals surface area contributed by atoms with E-state index in [1.165, 1.54) is 23.5 Å². The fourth-order valence-corrected chi connectivity index (χ4v) is 4.98. The molecule has 3 aromatic rings. The fraction of sp³-hybridized carbons (Fsp3) is 0.130. The van der Waals surface area contributed by atoms with Gasteiger partial charge in [0.2, 0.25) is 10.0 Å². The number of sulfonamides is 1. The molecule has 0 spiro atoms. The fourth-order valence-electron chi connectivity index (χ4n) is 2.90. The molecule has 1 unspecified atom stereocenters. The summed E-state index contributed by atoms with van der Waals surface area (Å²) in [5.74, 6) is -0.496. The number of nitrogens with two attached hydrogens (primary N) is 3. The van der Waals surface area contributed by atoms with Crippen LogP contribution in [0.25, 0.3) is 22.3 Å². The number of thiophene rings is 1. The maximum Gasteiger partial charge on any atom is 0.251 e. The highest BCUT2D eigenvalue weighted by Gasteiger charge is 2.23. The molecule has 1 aromatic heterocycles. The van der Waals surface area contributed by atoms with E-state index in [-0.39, 0.29) is 28.7 Å². The summed E-state index contributed by atoms with van der Waals surface area (Å²) in [7, 11) is -3.91. The van der Waals surface area contributed by atoms with Gasteiger partial charge in [-0.15, -0.1) is 17.9 Å². The highest BCUT2D eigenvalue weighted by Crippen LogP contribution is 2.45. The maximum atomic E-state index is 13.7. The molecule has 1 heterocycles. The van der Waals surface area contributed by atoms with Gasteiger partial charge >= 0.3 is 0 Å². The normalized spacial score (nSPS) is 10.6. The Hall–Kier alpha value is -2.65. The van der Waals surface area contributed by atoms with Gasteiger partial charge in [0.1, 0.15) is 5.82 Å². The lowest BCUT2D eigenvalue weighted by atomic mass is 9.93. The first-order chi connectivity index (χ1) is 16.2. The Morgan fingerprint density at radius 3 is 2.11 bits per heavy atom. The van der Waals surface area contributed by atoms with Crippen molar-refractivity contribution in [3.05, 3.63) is 76.2 Å². The van der Waals surface area contributed by atoms with Gasteiger partial charge in [0.05, 0.1) is 9.92 Å². The molecule has 0 saturated carbocycles. The van der Waals surface area contributed by atoms with Crippen molar-refractivity contribution in [1.29, 1.82) is 0 Å². The molecule has 0 aliphatic heterocycles. The van der Waals surface area contributed by atoms with Crippen molar-refractivity contribution >= 4 is 67.7 Å². The number of halogens is 2. The van der Waals surface area contributed by atoms with E-state index in [1.807, 2.05) is 12.3 Å². The SMILES string of the molecule is C.C=CC(C)c1scc(-c2ccccc2S(N)(=O)=O)c1-c1ccc(F)c(Cl)c1.NC(O)=S.NC(O)=S.O. The monoisotopic (exact) mass is 609 g/mol. The topological polar surface area (TPSA) is 184 Å². The molecule has 0 fully saturated rings. The van der Waals surface area contributed by atoms with Crippen molar-refractivity contribution in [2.45, 2.75) is 25.2 Å². The van der Waals surface area contributed by atoms with Crippen LogP contribution in [0.1, 0.15) is 25.1 Å². The molecule has 0 aliphatic carbocycles. The molecule has 204 valence electrons. The number of thiocarbonyl (C=S) groups is 2. The van der Waals surface area contributed by atoms with Gasteiger partial charge in [0.25, 0.3) is 10.3 Å². The van der Waals surface area contributed by atoms with E-state index in [0.29, 0.717) is 16.7 Å². The molecule has 3 rings (SSSR count). The Labute approximate surface area is 235 Å². The van der Waals surface area contributed by atoms with Gasteiger partial charge in [-0.25, -0.2) is 17.9 Å². The lowest BCUT2D eigenvalue weighted by Crippen LogP contribution is -2.13. The van der Waals surface area contributed by atoms with Crippen LogP contribution < -0.4 is 16.6 Å². The molecule has 0 aliphatic rings. The smallest absolute Gasteiger partial charge is 0.251 e. The predicted molar refractivity (Wildman–Crippen MR) is 159 cm³/mol. The van der Waals surface area contributed by atoms with Gasteiger partial charge in [0.15, 0.2) is 0 Å². The minimum absolute atomic E-state index is 0. The summed E-state index contributed by atoms with van der Waals surface area (Å²) in [5, 5.41) is 21.4. The molecule has 1 atom stereocenters. The first-order valence-electron chi connectivity index (χ1n) is 9.49. The van der Waals surface area contributed by atoms with Gasteiger partial charge < -0.3 is 27.2 Å². The van der Waals surface area contributed by atoms with Gasteiger partial charge in [-0.1, -0.05) is 56.3 Å². The van der Waals surface area contributed by atoms with Crippen molar-refractivity contribution in [2.75, 3.05) is 0 Å². The molecule has 14 heteroatoms. The number of hydrogen-bond acceptors (Lipinski definition) is 5. The zero-order valence-corrected chi connectivity index (χ0v) is 22.8. The zero-order valence-electron chi connectivity index (χ0n) is 18.8. The number of aliphatic hydroxyl groups is 2. The van der Waals surface area contributed by atoms with Gasteiger partial charge in [-0.2, -0.15) is 0 Å². The van der Waals surface area contributed by atoms with E-state index in [4.69, 9.17) is 27.0 Å². The Morgan fingerprint density at radius 2 is 1.65 bits per heavy atom. The average Bonchev–Trinajstić information content (AvgIpc) is 3.19. The van der Waals surface area contributed by atoms with Crippen molar-refractivity contribution in [3.63, 3.8) is 0 Å². The lowest BCUT2D eigenvalue weighted by Gasteiger charge is -2.13. The molecule has 2 aromatic carbocycles. The average molecular weight is 610 g/mol. The Bertz CT molecular complexity index is 1310. The summed E-state index contributed by atoms with van der Waals surface area (Å²) in [6.45, 7) is 5.84. The van der Waals surface area contributed by atoms with Crippen molar-refractivity contribution in [1.82, 2.24) is 0 Å². The molecule has 0 amide bonds. The zero-order chi connectivity index (χ0) is 26.9. The summed E-state index contributed by atoms with van der Waals surface area (Å²) in [6, 6.07) is 11.0. The number of primary sulfonamides is 1. The molecule has 0 saturated heterocycles. The minimum atomic E-state index is -3.91. The number of benzene rings is 2. The Balaban J connectivity index is 0. The van der Waals surface area contributed by atoms with E-state index >= 15 is 0 Å². The highest BCUT2D eigenvalue weighted by molar-refractivity contribution is 7.89. The van der Waals surface area contributed by atoms with E-state index in [0.717, 1.165) is 10.4 Å². The summed E-state index contributed by atoms with van der Waals surface area (Å²) in [5.41, 5.74) is 11.5. The first kappa shape index (κ1) is 36.5. The van der Waals surface area contributed by atoms with Crippen LogP contribution >= 0.6 is 47.4 Å². The largest absolute Gasteiger partial charge is 0.487 e. The van der Waals surface area contributed by atoms with Crippen molar-refractivity contribution in [3.8, 4) is 22.3 Å². The van der Waals surface area contributed by atoms with Crippen LogP contribution in [0.3, 0.4) is 0 Å². The van der Waals surface area contributed by atoms with E-state index in [1.54, 1.807) is 36.4 Å². The molecule has 0 radical (unpaired) electrons. The summed E-state index contributed by atoms with van der Waals surface area (Å²) < 4.78 is 37.8. The standard InChI is InChI=1S/C20H17ClFNO2S2.2CH3NOS.CH4.H2O/c1-3-12(2)20-19(13-8-9-17(22)16(21)10-13)15(11-26-20)14-6-4-5-7-18(14)27(23,24)25;2*2-1(3)4;;/h3-12H,1H2,2H3,(H2,23,24,25);2*(H3,2,3,4);1H4;1H2. The molecule has 37 heavy (non-hydrogen) atoms. The molecule has 8 nitrogen and oxygen atoms in total. The summed E-state index contributed by atoms with van der Waals surface area (Å²) in [6.07, 6.45) is 1.80. The van der Waals surface area contributed by atoms with Gasteiger partial charge in [-0.3, -0.25) is 0 Å². The predicted octanol–water partition coefficient (Wildman–Crippen LogP) is 5.20. The first-order valence-corrected chi connectivity index (χ1v) is 13.1. The number of aliphatic hydroxyl groups excluding tert-OH is 2. The minimum Gasteiger partial charge on any atom is -0.487 e. The Morgan fingerprint density at radius 1 is 1.14 bits per heavy atom. The van der Waals surface area contributed by atoms with Crippen LogP contribution in [0.5, 0.6) is 0 Å². The third-order valence-electron chi connectivity index (χ3n) is 4.28. The summed E-state index contributed by atoms with van der Waals surface area (Å²) in [4.78, 5) is 1.02. The molecule has 10 N–H and O–H groups in total. The Kier molecular flexibility index (Phi) is 16.0. The van der Waals surface area contributed by atoms with Crippen molar-refractivity contribution in [2.24, 2.45) is 16.6 Å². The van der Waals surface area contributed by atoms with Gasteiger partial charge in [0, 0.05) is 27.5 Å². The molecule has 0 bridgehead atoms. The second kappa shape index (κ2) is 16.2. The third-order valence-corrected chi connectivity index (χ3v) is 6.72.